The fourth-order valence-corrected chi connectivity index (χ4v) is 3.75. The Morgan fingerprint density at radius 1 is 1.35 bits per heavy atom. The van der Waals surface area contributed by atoms with Crippen LogP contribution in [0.4, 0.5) is 5.95 Å². The molecule has 1 saturated heterocycles. The maximum Gasteiger partial charge on any atom is 0.273 e. The highest BCUT2D eigenvalue weighted by molar-refractivity contribution is 7.13. The molecule has 0 bridgehead atoms. The fourth-order valence-electron chi connectivity index (χ4n) is 3.10. The number of amides is 1. The Kier molecular flexibility index (Phi) is 4.66. The van der Waals surface area contributed by atoms with Gasteiger partial charge in [-0.15, -0.1) is 11.3 Å². The summed E-state index contributed by atoms with van der Waals surface area (Å²) in [6.07, 6.45) is 5.36. The van der Waals surface area contributed by atoms with Crippen molar-refractivity contribution >= 4 is 23.2 Å². The smallest absolute Gasteiger partial charge is 0.273 e. The zero-order chi connectivity index (χ0) is 17.9. The first-order valence-corrected chi connectivity index (χ1v) is 9.43. The third-order valence-electron chi connectivity index (χ3n) is 4.34. The van der Waals surface area contributed by atoms with E-state index in [4.69, 9.17) is 4.42 Å². The molecular formula is C18H19N5O2S. The summed E-state index contributed by atoms with van der Waals surface area (Å²) in [5, 5.41) is 5.03. The molecule has 26 heavy (non-hydrogen) atoms. The lowest BCUT2D eigenvalue weighted by molar-refractivity contribution is 0.0927. The molecule has 4 rings (SSSR count). The van der Waals surface area contributed by atoms with Crippen molar-refractivity contribution in [3.63, 3.8) is 0 Å². The number of piperidine rings is 1. The first-order chi connectivity index (χ1) is 12.7. The maximum atomic E-state index is 12.7. The first kappa shape index (κ1) is 16.7. The molecule has 1 atom stereocenters. The molecule has 0 aromatic carbocycles. The quantitative estimate of drug-likeness (QED) is 0.761. The van der Waals surface area contributed by atoms with Crippen molar-refractivity contribution in [1.29, 1.82) is 0 Å². The summed E-state index contributed by atoms with van der Waals surface area (Å²) in [5.41, 5.74) is 0.349. The number of nitrogens with zero attached hydrogens (tertiary/aromatic N) is 4. The molecular weight excluding hydrogens is 350 g/mol. The van der Waals surface area contributed by atoms with Gasteiger partial charge in [-0.1, -0.05) is 6.07 Å². The molecule has 1 amide bonds. The van der Waals surface area contributed by atoms with Gasteiger partial charge in [0.15, 0.2) is 5.69 Å². The van der Waals surface area contributed by atoms with Crippen molar-refractivity contribution in [1.82, 2.24) is 20.3 Å². The van der Waals surface area contributed by atoms with Gasteiger partial charge in [0.05, 0.1) is 4.88 Å². The van der Waals surface area contributed by atoms with E-state index in [0.717, 1.165) is 24.3 Å². The molecule has 0 radical (unpaired) electrons. The summed E-state index contributed by atoms with van der Waals surface area (Å²) in [4.78, 5) is 28.7. The molecule has 1 fully saturated rings. The summed E-state index contributed by atoms with van der Waals surface area (Å²) in [6, 6.07) is 5.69. The first-order valence-electron chi connectivity index (χ1n) is 8.55. The largest absolute Gasteiger partial charge is 0.440 e. The number of hydrogen-bond donors (Lipinski definition) is 1. The molecule has 3 aromatic rings. The molecule has 8 heteroatoms. The Morgan fingerprint density at radius 3 is 2.96 bits per heavy atom. The predicted molar refractivity (Wildman–Crippen MR) is 99.3 cm³/mol. The number of thiophene rings is 1. The van der Waals surface area contributed by atoms with Gasteiger partial charge in [-0.2, -0.15) is 0 Å². The second-order valence-corrected chi connectivity index (χ2v) is 7.16. The minimum atomic E-state index is -0.199. The molecule has 0 aliphatic carbocycles. The summed E-state index contributed by atoms with van der Waals surface area (Å²) in [5.74, 6) is 1.52. The van der Waals surface area contributed by atoms with E-state index in [-0.39, 0.29) is 11.9 Å². The number of aromatic nitrogens is 3. The molecule has 0 saturated carbocycles. The van der Waals surface area contributed by atoms with E-state index in [9.17, 15) is 4.79 Å². The van der Waals surface area contributed by atoms with Crippen molar-refractivity contribution in [2.45, 2.75) is 25.8 Å². The van der Waals surface area contributed by atoms with Gasteiger partial charge in [-0.3, -0.25) is 4.79 Å². The van der Waals surface area contributed by atoms with Crippen LogP contribution in [0.5, 0.6) is 0 Å². The zero-order valence-corrected chi connectivity index (χ0v) is 15.2. The average molecular weight is 369 g/mol. The van der Waals surface area contributed by atoms with Crippen LogP contribution in [-0.2, 0) is 0 Å². The van der Waals surface area contributed by atoms with E-state index >= 15 is 0 Å². The predicted octanol–water partition coefficient (Wildman–Crippen LogP) is 2.90. The SMILES string of the molecule is Cc1oc(-c2cccs2)nc1C(=O)NC1CCCN(c2ncccn2)C1. The number of nitrogens with one attached hydrogen (secondary N) is 1. The molecule has 1 aliphatic rings. The number of rotatable bonds is 4. The van der Waals surface area contributed by atoms with Crippen LogP contribution in [0.25, 0.3) is 10.8 Å². The lowest BCUT2D eigenvalue weighted by Crippen LogP contribution is -2.48. The molecule has 1 aliphatic heterocycles. The lowest BCUT2D eigenvalue weighted by atomic mass is 10.1. The van der Waals surface area contributed by atoms with Crippen molar-refractivity contribution in [3.05, 3.63) is 47.4 Å². The Morgan fingerprint density at radius 2 is 2.19 bits per heavy atom. The second kappa shape index (κ2) is 7.25. The normalized spacial score (nSPS) is 17.3. The Balaban J connectivity index is 1.45. The van der Waals surface area contributed by atoms with E-state index in [2.05, 4.69) is 25.2 Å². The third-order valence-corrected chi connectivity index (χ3v) is 5.19. The van der Waals surface area contributed by atoms with Gasteiger partial charge in [0.1, 0.15) is 5.76 Å². The van der Waals surface area contributed by atoms with Crippen molar-refractivity contribution in [3.8, 4) is 10.8 Å². The van der Waals surface area contributed by atoms with Crippen LogP contribution in [0, 0.1) is 6.92 Å². The van der Waals surface area contributed by atoms with E-state index in [1.54, 1.807) is 25.4 Å². The van der Waals surface area contributed by atoms with Gasteiger partial charge in [0.25, 0.3) is 5.91 Å². The van der Waals surface area contributed by atoms with E-state index in [1.807, 2.05) is 17.5 Å². The van der Waals surface area contributed by atoms with Crippen molar-refractivity contribution < 1.29 is 9.21 Å². The third kappa shape index (κ3) is 3.45. The Labute approximate surface area is 155 Å². The van der Waals surface area contributed by atoms with E-state index < -0.39 is 0 Å². The highest BCUT2D eigenvalue weighted by Crippen LogP contribution is 2.26. The van der Waals surface area contributed by atoms with Crippen LogP contribution >= 0.6 is 11.3 Å². The maximum absolute atomic E-state index is 12.7. The topological polar surface area (TPSA) is 84.2 Å². The molecule has 134 valence electrons. The summed E-state index contributed by atoms with van der Waals surface area (Å²) >= 11 is 1.53. The summed E-state index contributed by atoms with van der Waals surface area (Å²) in [7, 11) is 0. The number of carbonyl (C=O) groups is 1. The van der Waals surface area contributed by atoms with Gasteiger partial charge in [-0.25, -0.2) is 15.0 Å². The molecule has 7 nitrogen and oxygen atoms in total. The molecule has 3 aromatic heterocycles. The number of carbonyl (C=O) groups excluding carboxylic acids is 1. The van der Waals surface area contributed by atoms with E-state index in [1.165, 1.54) is 11.3 Å². The van der Waals surface area contributed by atoms with Crippen LogP contribution < -0.4 is 10.2 Å². The minimum Gasteiger partial charge on any atom is -0.440 e. The summed E-state index contributed by atoms with van der Waals surface area (Å²) in [6.45, 7) is 3.34. The van der Waals surface area contributed by atoms with Crippen LogP contribution in [-0.4, -0.2) is 40.0 Å². The van der Waals surface area contributed by atoms with Crippen molar-refractivity contribution in [2.75, 3.05) is 18.0 Å². The Bertz CT molecular complexity index is 878. The monoisotopic (exact) mass is 369 g/mol. The number of hydrogen-bond acceptors (Lipinski definition) is 7. The zero-order valence-electron chi connectivity index (χ0n) is 14.4. The Hall–Kier alpha value is -2.74. The van der Waals surface area contributed by atoms with Gasteiger partial charge in [0.2, 0.25) is 11.8 Å². The van der Waals surface area contributed by atoms with Gasteiger partial charge in [0, 0.05) is 31.5 Å². The van der Waals surface area contributed by atoms with Crippen molar-refractivity contribution in [2.24, 2.45) is 0 Å². The fraction of sp³-hybridized carbons (Fsp3) is 0.333. The van der Waals surface area contributed by atoms with Gasteiger partial charge in [-0.05, 0) is 37.3 Å². The number of aryl methyl sites for hydroxylation is 1. The molecule has 1 unspecified atom stereocenters. The molecule has 1 N–H and O–H groups in total. The highest BCUT2D eigenvalue weighted by Gasteiger charge is 2.26. The van der Waals surface area contributed by atoms with Crippen LogP contribution in [0.15, 0.2) is 40.4 Å². The summed E-state index contributed by atoms with van der Waals surface area (Å²) < 4.78 is 5.67. The highest BCUT2D eigenvalue weighted by atomic mass is 32.1. The standard InChI is InChI=1S/C18H19N5O2S/c1-12-15(22-17(25-12)14-6-3-10-26-14)16(24)21-13-5-2-9-23(11-13)18-19-7-4-8-20-18/h3-4,6-8,10,13H,2,5,9,11H2,1H3,(H,21,24). The lowest BCUT2D eigenvalue weighted by Gasteiger charge is -2.32. The minimum absolute atomic E-state index is 0.0290. The van der Waals surface area contributed by atoms with E-state index in [0.29, 0.717) is 29.8 Å². The van der Waals surface area contributed by atoms with Crippen LogP contribution in [0.3, 0.4) is 0 Å². The average Bonchev–Trinajstić information content (AvgIpc) is 3.32. The van der Waals surface area contributed by atoms with Gasteiger partial charge >= 0.3 is 0 Å². The molecule has 4 heterocycles. The molecule has 0 spiro atoms. The number of oxazole rings is 1. The van der Waals surface area contributed by atoms with Crippen LogP contribution in [0.2, 0.25) is 0 Å². The second-order valence-electron chi connectivity index (χ2n) is 6.21. The van der Waals surface area contributed by atoms with Gasteiger partial charge < -0.3 is 14.6 Å². The van der Waals surface area contributed by atoms with Crippen LogP contribution in [0.1, 0.15) is 29.1 Å². The number of anilines is 1.